The van der Waals surface area contributed by atoms with E-state index in [2.05, 4.69) is 21.3 Å². The highest BCUT2D eigenvalue weighted by Crippen LogP contribution is 2.19. The molecule has 0 unspecified atom stereocenters. The summed E-state index contributed by atoms with van der Waals surface area (Å²) in [6.45, 7) is 0. The molecule has 8 heteroatoms. The van der Waals surface area contributed by atoms with Gasteiger partial charge in [0, 0.05) is 18.3 Å². The Bertz CT molecular complexity index is 908. The monoisotopic (exact) mass is 366 g/mol. The number of nitrogens with one attached hydrogen (secondary N) is 4. The molecule has 2 aromatic rings. The molecule has 4 N–H and O–H groups in total. The van der Waals surface area contributed by atoms with Gasteiger partial charge >= 0.3 is 0 Å². The van der Waals surface area contributed by atoms with Crippen LogP contribution in [0.4, 0.5) is 11.4 Å². The van der Waals surface area contributed by atoms with Gasteiger partial charge in [-0.25, -0.2) is 0 Å². The third-order valence-corrected chi connectivity index (χ3v) is 4.10. The van der Waals surface area contributed by atoms with E-state index in [1.165, 1.54) is 7.05 Å². The van der Waals surface area contributed by atoms with Crippen LogP contribution in [-0.4, -0.2) is 36.7 Å². The van der Waals surface area contributed by atoms with Gasteiger partial charge < -0.3 is 21.3 Å². The van der Waals surface area contributed by atoms with Gasteiger partial charge in [-0.2, -0.15) is 0 Å². The van der Waals surface area contributed by atoms with Crippen LogP contribution < -0.4 is 21.3 Å². The van der Waals surface area contributed by atoms with Crippen LogP contribution >= 0.6 is 0 Å². The molecule has 8 nitrogen and oxygen atoms in total. The molecule has 1 heterocycles. The summed E-state index contributed by atoms with van der Waals surface area (Å²) in [6, 6.07) is 12.0. The molecule has 2 aromatic carbocycles. The molecule has 0 aliphatic carbocycles. The van der Waals surface area contributed by atoms with E-state index in [4.69, 9.17) is 0 Å². The lowest BCUT2D eigenvalue weighted by Gasteiger charge is -2.14. The van der Waals surface area contributed by atoms with Crippen molar-refractivity contribution >= 4 is 35.0 Å². The van der Waals surface area contributed by atoms with Crippen LogP contribution in [-0.2, 0) is 9.59 Å². The Hall–Kier alpha value is -3.68. The Kier molecular flexibility index (Phi) is 5.16. The summed E-state index contributed by atoms with van der Waals surface area (Å²) in [5.74, 6) is -1.55. The molecule has 4 amide bonds. The zero-order valence-corrected chi connectivity index (χ0v) is 14.5. The van der Waals surface area contributed by atoms with E-state index in [9.17, 15) is 19.2 Å². The highest BCUT2D eigenvalue weighted by molar-refractivity contribution is 6.11. The van der Waals surface area contributed by atoms with Gasteiger partial charge in [-0.3, -0.25) is 19.2 Å². The Balaban J connectivity index is 1.65. The van der Waals surface area contributed by atoms with Crippen LogP contribution in [0.1, 0.15) is 27.1 Å². The maximum absolute atomic E-state index is 12.3. The Labute approximate surface area is 155 Å². The number of hydrogen-bond acceptors (Lipinski definition) is 4. The molecule has 0 bridgehead atoms. The third-order valence-electron chi connectivity index (χ3n) is 4.10. The molecule has 0 aromatic heterocycles. The van der Waals surface area contributed by atoms with Crippen molar-refractivity contribution in [3.63, 3.8) is 0 Å². The zero-order chi connectivity index (χ0) is 19.4. The fourth-order valence-corrected chi connectivity index (χ4v) is 2.70. The van der Waals surface area contributed by atoms with Crippen molar-refractivity contribution in [2.75, 3.05) is 17.7 Å². The third kappa shape index (κ3) is 4.12. The number of rotatable bonds is 4. The summed E-state index contributed by atoms with van der Waals surface area (Å²) in [6.07, 6.45) is -0.219. The standard InChI is InChI=1S/C19H18N4O4/c1-20-17(25)11-6-8-12(9-7-11)21-16(24)10-15-19(27)22-14-5-3-2-4-13(14)18(26)23-15/h2-9,15H,10H2,1H3,(H,20,25)(H,21,24)(H,22,27)(H,23,26)/t15-/m1/s1. The predicted octanol–water partition coefficient (Wildman–Crippen LogP) is 1.13. The summed E-state index contributed by atoms with van der Waals surface area (Å²) in [5, 5.41) is 10.4. The molecule has 27 heavy (non-hydrogen) atoms. The molecule has 0 radical (unpaired) electrons. The number of carbonyl (C=O) groups excluding carboxylic acids is 4. The molecule has 3 rings (SSSR count). The van der Waals surface area contributed by atoms with Crippen molar-refractivity contribution in [2.24, 2.45) is 0 Å². The molecule has 0 spiro atoms. The van der Waals surface area contributed by atoms with E-state index >= 15 is 0 Å². The second kappa shape index (κ2) is 7.69. The van der Waals surface area contributed by atoms with Gasteiger partial charge in [0.1, 0.15) is 6.04 Å². The maximum atomic E-state index is 12.3. The molecule has 1 aliphatic heterocycles. The summed E-state index contributed by atoms with van der Waals surface area (Å²) in [7, 11) is 1.53. The number of carbonyl (C=O) groups is 4. The van der Waals surface area contributed by atoms with Gasteiger partial charge in [0.2, 0.25) is 11.8 Å². The van der Waals surface area contributed by atoms with E-state index in [1.54, 1.807) is 48.5 Å². The predicted molar refractivity (Wildman–Crippen MR) is 99.4 cm³/mol. The van der Waals surface area contributed by atoms with E-state index in [0.29, 0.717) is 22.5 Å². The second-order valence-electron chi connectivity index (χ2n) is 5.97. The minimum absolute atomic E-state index is 0.219. The molecule has 0 saturated heterocycles. The summed E-state index contributed by atoms with van der Waals surface area (Å²) < 4.78 is 0. The van der Waals surface area contributed by atoms with Crippen molar-refractivity contribution in [3.8, 4) is 0 Å². The topological polar surface area (TPSA) is 116 Å². The normalized spacial score (nSPS) is 15.7. The molecule has 0 fully saturated rings. The first-order chi connectivity index (χ1) is 13.0. The smallest absolute Gasteiger partial charge is 0.254 e. The molecular formula is C19H18N4O4. The zero-order valence-electron chi connectivity index (χ0n) is 14.5. The summed E-state index contributed by atoms with van der Waals surface area (Å²) >= 11 is 0. The Morgan fingerprint density at radius 2 is 1.74 bits per heavy atom. The lowest BCUT2D eigenvalue weighted by atomic mass is 10.1. The van der Waals surface area contributed by atoms with Gasteiger partial charge in [0.25, 0.3) is 11.8 Å². The number of anilines is 2. The second-order valence-corrected chi connectivity index (χ2v) is 5.97. The molecule has 1 atom stereocenters. The van der Waals surface area contributed by atoms with Crippen LogP contribution in [0.2, 0.25) is 0 Å². The number of benzene rings is 2. The van der Waals surface area contributed by atoms with Crippen molar-refractivity contribution in [3.05, 3.63) is 59.7 Å². The van der Waals surface area contributed by atoms with E-state index in [-0.39, 0.29) is 12.3 Å². The van der Waals surface area contributed by atoms with E-state index in [0.717, 1.165) is 0 Å². The van der Waals surface area contributed by atoms with Gasteiger partial charge in [-0.1, -0.05) is 12.1 Å². The average Bonchev–Trinajstić information content (AvgIpc) is 2.78. The van der Waals surface area contributed by atoms with Gasteiger partial charge in [-0.05, 0) is 36.4 Å². The SMILES string of the molecule is CNC(=O)c1ccc(NC(=O)C[C@H]2NC(=O)c3ccccc3NC2=O)cc1. The van der Waals surface area contributed by atoms with Crippen LogP contribution in [0.3, 0.4) is 0 Å². The quantitative estimate of drug-likeness (QED) is 0.649. The Morgan fingerprint density at radius 3 is 2.44 bits per heavy atom. The lowest BCUT2D eigenvalue weighted by Crippen LogP contribution is -2.43. The van der Waals surface area contributed by atoms with Gasteiger partial charge in [0.15, 0.2) is 0 Å². The first kappa shape index (κ1) is 18.1. The largest absolute Gasteiger partial charge is 0.355 e. The fourth-order valence-electron chi connectivity index (χ4n) is 2.70. The first-order valence-corrected chi connectivity index (χ1v) is 8.30. The van der Waals surface area contributed by atoms with Gasteiger partial charge in [0.05, 0.1) is 17.7 Å². The molecule has 1 aliphatic rings. The minimum Gasteiger partial charge on any atom is -0.355 e. The summed E-state index contributed by atoms with van der Waals surface area (Å²) in [5.41, 5.74) is 1.70. The number of amides is 4. The fraction of sp³-hybridized carbons (Fsp3) is 0.158. The van der Waals surface area contributed by atoms with Crippen molar-refractivity contribution in [1.82, 2.24) is 10.6 Å². The van der Waals surface area contributed by atoms with Crippen LogP contribution in [0.15, 0.2) is 48.5 Å². The molecular weight excluding hydrogens is 348 g/mol. The number of hydrogen-bond donors (Lipinski definition) is 4. The minimum atomic E-state index is -0.991. The van der Waals surface area contributed by atoms with Crippen LogP contribution in [0, 0.1) is 0 Å². The maximum Gasteiger partial charge on any atom is 0.254 e. The van der Waals surface area contributed by atoms with Crippen molar-refractivity contribution in [1.29, 1.82) is 0 Å². The molecule has 138 valence electrons. The van der Waals surface area contributed by atoms with Crippen LogP contribution in [0.25, 0.3) is 0 Å². The first-order valence-electron chi connectivity index (χ1n) is 8.30. The Morgan fingerprint density at radius 1 is 1.04 bits per heavy atom. The summed E-state index contributed by atoms with van der Waals surface area (Å²) in [4.78, 5) is 48.4. The van der Waals surface area contributed by atoms with Gasteiger partial charge in [-0.15, -0.1) is 0 Å². The average molecular weight is 366 g/mol. The number of fused-ring (bicyclic) bond motifs is 1. The number of para-hydroxylation sites is 1. The highest BCUT2D eigenvalue weighted by Gasteiger charge is 2.29. The van der Waals surface area contributed by atoms with Crippen LogP contribution in [0.5, 0.6) is 0 Å². The van der Waals surface area contributed by atoms with E-state index in [1.807, 2.05) is 0 Å². The van der Waals surface area contributed by atoms with Crippen molar-refractivity contribution in [2.45, 2.75) is 12.5 Å². The molecule has 0 saturated carbocycles. The highest BCUT2D eigenvalue weighted by atomic mass is 16.2. The lowest BCUT2D eigenvalue weighted by molar-refractivity contribution is -0.122. The van der Waals surface area contributed by atoms with Crippen molar-refractivity contribution < 1.29 is 19.2 Å². The van der Waals surface area contributed by atoms with E-state index < -0.39 is 23.8 Å².